The van der Waals surface area contributed by atoms with Crippen molar-refractivity contribution < 1.29 is 4.79 Å². The molecule has 0 saturated carbocycles. The van der Waals surface area contributed by atoms with E-state index in [0.717, 1.165) is 50.8 Å². The van der Waals surface area contributed by atoms with Gasteiger partial charge in [0.2, 0.25) is 0 Å². The third-order valence-electron chi connectivity index (χ3n) is 21.8. The predicted molar refractivity (Wildman–Crippen MR) is 368 cm³/mol. The lowest BCUT2D eigenvalue weighted by Crippen LogP contribution is -2.28. The fourth-order valence-corrected chi connectivity index (χ4v) is 18.5. The van der Waals surface area contributed by atoms with Gasteiger partial charge in [0, 0.05) is 22.5 Å². The average Bonchev–Trinajstić information content (AvgIpc) is 1.53. The van der Waals surface area contributed by atoms with Crippen LogP contribution in [-0.4, -0.2) is 5.78 Å². The molecule has 0 saturated heterocycles. The standard InChI is InChI=1S/C88H52N2O/c91-85(53-41-45-65-61-25-5-13-33-73(61)86(77(65)49-53)69-29-9-1-21-57(69)58-22-2-10-30-70(58)86)54-42-46-66-62-26-7-15-35-75(62)88(78(66)50-54)76-36-16-8-28-64(76)68-48-44-56(52-80(68)88)90-83-39-19-17-37-81(83)89(82-38-18-20-40-84(82)90)55-43-47-67-63-27-6-14-34-74(63)87(79(67)51-55)71-31-11-3-23-59(71)60-24-4-12-32-72(60)87/h1-52H. The van der Waals surface area contributed by atoms with E-state index in [0.29, 0.717) is 11.1 Å². The van der Waals surface area contributed by atoms with Crippen LogP contribution in [0.2, 0.25) is 0 Å². The normalized spacial score (nSPS) is 16.1. The van der Waals surface area contributed by atoms with E-state index in [4.69, 9.17) is 0 Å². The van der Waals surface area contributed by atoms with Crippen LogP contribution in [0, 0.1) is 0 Å². The van der Waals surface area contributed by atoms with E-state index in [1.807, 2.05) is 0 Å². The maximum absolute atomic E-state index is 15.9. The van der Waals surface area contributed by atoms with Crippen LogP contribution >= 0.6 is 0 Å². The number of fused-ring (bicyclic) bond motifs is 32. The molecule has 3 heteroatoms. The van der Waals surface area contributed by atoms with Gasteiger partial charge < -0.3 is 9.80 Å². The molecule has 1 unspecified atom stereocenters. The summed E-state index contributed by atoms with van der Waals surface area (Å²) in [5, 5.41) is 0. The highest BCUT2D eigenvalue weighted by Gasteiger charge is 2.55. The summed E-state index contributed by atoms with van der Waals surface area (Å²) in [7, 11) is 0. The molecule has 91 heavy (non-hydrogen) atoms. The summed E-state index contributed by atoms with van der Waals surface area (Å²) >= 11 is 0. The smallest absolute Gasteiger partial charge is 0.193 e. The van der Waals surface area contributed by atoms with Crippen molar-refractivity contribution in [1.29, 1.82) is 0 Å². The first-order valence-corrected chi connectivity index (χ1v) is 31.8. The van der Waals surface area contributed by atoms with Crippen molar-refractivity contribution in [2.24, 2.45) is 0 Å². The van der Waals surface area contributed by atoms with Crippen molar-refractivity contribution in [2.75, 3.05) is 9.80 Å². The van der Waals surface area contributed by atoms with Crippen LogP contribution < -0.4 is 9.80 Å². The summed E-state index contributed by atoms with van der Waals surface area (Å²) in [5.74, 6) is 0.00896. The number of rotatable bonds is 4. The van der Waals surface area contributed by atoms with Gasteiger partial charge in [-0.25, -0.2) is 0 Å². The third kappa shape index (κ3) is 5.89. The molecule has 0 aromatic heterocycles. The highest BCUT2D eigenvalue weighted by atomic mass is 16.1. The molecule has 0 bridgehead atoms. The van der Waals surface area contributed by atoms with Gasteiger partial charge >= 0.3 is 0 Å². The lowest BCUT2D eigenvalue weighted by atomic mass is 9.70. The van der Waals surface area contributed by atoms with Gasteiger partial charge in [0.05, 0.1) is 39.0 Å². The lowest BCUT2D eigenvalue weighted by molar-refractivity contribution is 0.103. The molecular formula is C88H52N2O. The third-order valence-corrected chi connectivity index (χ3v) is 21.8. The van der Waals surface area contributed by atoms with Gasteiger partial charge in [-0.05, 0) is 194 Å². The van der Waals surface area contributed by atoms with Crippen molar-refractivity contribution in [1.82, 2.24) is 0 Å². The molecule has 0 radical (unpaired) electrons. The highest BCUT2D eigenvalue weighted by molar-refractivity contribution is 6.12. The number of carbonyl (C=O) groups is 1. The molecule has 21 rings (SSSR count). The number of benzene rings is 14. The highest BCUT2D eigenvalue weighted by Crippen LogP contribution is 2.68. The largest absolute Gasteiger partial charge is 0.306 e. The number of nitrogens with zero attached hydrogens (tertiary/aromatic N) is 2. The number of ketones is 1. The molecule has 0 fully saturated rings. The van der Waals surface area contributed by atoms with E-state index in [2.05, 4.69) is 325 Å². The topological polar surface area (TPSA) is 23.6 Å². The summed E-state index contributed by atoms with van der Waals surface area (Å²) in [6.45, 7) is 0. The molecule has 6 aliphatic carbocycles. The Labute approximate surface area is 527 Å². The molecule has 7 aliphatic rings. The first-order valence-electron chi connectivity index (χ1n) is 31.8. The van der Waals surface area contributed by atoms with E-state index < -0.39 is 16.2 Å². The second-order valence-corrected chi connectivity index (χ2v) is 25.6. The molecule has 14 aromatic rings. The van der Waals surface area contributed by atoms with E-state index in [1.165, 1.54) is 117 Å². The molecule has 0 amide bonds. The molecule has 1 heterocycles. The van der Waals surface area contributed by atoms with Crippen LogP contribution in [0.3, 0.4) is 0 Å². The van der Waals surface area contributed by atoms with Crippen LogP contribution in [0.4, 0.5) is 34.1 Å². The van der Waals surface area contributed by atoms with Gasteiger partial charge in [0.1, 0.15) is 0 Å². The Kier molecular flexibility index (Phi) is 9.53. The molecular weight excluding hydrogens is 1100 g/mol. The Bertz CT molecular complexity index is 5440. The number of hydrogen-bond donors (Lipinski definition) is 0. The minimum Gasteiger partial charge on any atom is -0.306 e. The second kappa shape index (κ2) is 17.6. The quantitative estimate of drug-likeness (QED) is 0.164. The summed E-state index contributed by atoms with van der Waals surface area (Å²) in [6, 6.07) is 117. The first kappa shape index (κ1) is 49.4. The monoisotopic (exact) mass is 1150 g/mol. The Hall–Kier alpha value is -11.7. The molecule has 420 valence electrons. The number of hydrogen-bond acceptors (Lipinski definition) is 3. The Morgan fingerprint density at radius 3 is 0.659 bits per heavy atom. The van der Waals surface area contributed by atoms with Crippen molar-refractivity contribution in [3.05, 3.63) is 393 Å². The molecule has 1 atom stereocenters. The van der Waals surface area contributed by atoms with Gasteiger partial charge in [-0.3, -0.25) is 4.79 Å². The zero-order chi connectivity index (χ0) is 59.5. The lowest BCUT2D eigenvalue weighted by Gasteiger charge is -2.41. The molecule has 3 spiro atoms. The number of anilines is 6. The zero-order valence-corrected chi connectivity index (χ0v) is 49.3. The van der Waals surface area contributed by atoms with Gasteiger partial charge in [0.15, 0.2) is 5.78 Å². The fourth-order valence-electron chi connectivity index (χ4n) is 18.5. The van der Waals surface area contributed by atoms with Crippen LogP contribution in [0.1, 0.15) is 82.7 Å². The van der Waals surface area contributed by atoms with Crippen LogP contribution in [0.25, 0.3) is 66.8 Å². The van der Waals surface area contributed by atoms with Crippen molar-refractivity contribution in [3.63, 3.8) is 0 Å². The van der Waals surface area contributed by atoms with E-state index in [1.54, 1.807) is 0 Å². The fraction of sp³-hybridized carbons (Fsp3) is 0.0341. The van der Waals surface area contributed by atoms with Gasteiger partial charge in [0.25, 0.3) is 0 Å². The van der Waals surface area contributed by atoms with Crippen LogP contribution in [0.15, 0.2) is 315 Å². The van der Waals surface area contributed by atoms with Crippen molar-refractivity contribution in [2.45, 2.75) is 16.2 Å². The molecule has 1 aliphatic heterocycles. The maximum Gasteiger partial charge on any atom is 0.193 e. The van der Waals surface area contributed by atoms with E-state index >= 15 is 4.79 Å². The van der Waals surface area contributed by atoms with E-state index in [9.17, 15) is 0 Å². The van der Waals surface area contributed by atoms with Gasteiger partial charge in [-0.2, -0.15) is 0 Å². The second-order valence-electron chi connectivity index (χ2n) is 25.6. The Morgan fingerprint density at radius 2 is 0.396 bits per heavy atom. The predicted octanol–water partition coefficient (Wildman–Crippen LogP) is 21.2. The van der Waals surface area contributed by atoms with Crippen molar-refractivity contribution in [3.8, 4) is 66.8 Å². The number of carbonyl (C=O) groups excluding carboxylic acids is 1. The molecule has 14 aromatic carbocycles. The summed E-state index contributed by atoms with van der Waals surface area (Å²) in [6.07, 6.45) is 0. The number of para-hydroxylation sites is 4. The average molecular weight is 1150 g/mol. The van der Waals surface area contributed by atoms with Gasteiger partial charge in [-0.1, -0.05) is 255 Å². The van der Waals surface area contributed by atoms with E-state index in [-0.39, 0.29) is 5.78 Å². The summed E-state index contributed by atoms with van der Waals surface area (Å²) in [4.78, 5) is 20.8. The van der Waals surface area contributed by atoms with Crippen LogP contribution in [-0.2, 0) is 16.2 Å². The van der Waals surface area contributed by atoms with Gasteiger partial charge in [-0.15, -0.1) is 0 Å². The van der Waals surface area contributed by atoms with Crippen molar-refractivity contribution >= 4 is 39.9 Å². The minimum atomic E-state index is -0.735. The maximum atomic E-state index is 15.9. The first-order chi connectivity index (χ1) is 45.1. The Morgan fingerprint density at radius 1 is 0.198 bits per heavy atom. The Balaban J connectivity index is 0.722. The molecule has 0 N–H and O–H groups in total. The zero-order valence-electron chi connectivity index (χ0n) is 49.3. The minimum absolute atomic E-state index is 0.00896. The SMILES string of the molecule is O=C(c1ccc2c(c1)C1(c3ccccc3-c3ccccc31)c1ccccc1-2)c1ccc2c(c1)C1(c3ccccc3-2)c2ccccc2-c2ccc(N3c4ccccc4N(c4ccc5c(c4)C4(c6ccccc6-c6ccccc64)c4ccccc4-5)c4ccccc43)cc21. The van der Waals surface area contributed by atoms with Crippen LogP contribution in [0.5, 0.6) is 0 Å². The summed E-state index contributed by atoms with van der Waals surface area (Å²) < 4.78 is 0. The molecule has 3 nitrogen and oxygen atoms in total. The summed E-state index contributed by atoms with van der Waals surface area (Å²) in [5.41, 5.74) is 35.9.